The molecule has 6 heteroatoms. The van der Waals surface area contributed by atoms with Crippen molar-refractivity contribution in [1.29, 1.82) is 0 Å². The second-order valence-electron chi connectivity index (χ2n) is 6.79. The Morgan fingerprint density at radius 1 is 1.19 bits per heavy atom. The summed E-state index contributed by atoms with van der Waals surface area (Å²) in [6, 6.07) is 5.66. The highest BCUT2D eigenvalue weighted by Gasteiger charge is 2.25. The summed E-state index contributed by atoms with van der Waals surface area (Å²) >= 11 is 6.33. The standard InChI is InChI=1S/C20H23ClF2N2O/c1-2-3-9-25-12-8-18(19(21)20(25)26)24-10-6-14(7-11-24)16-5-4-15(22)13-17(16)23/h4-5,8,12-14H,2-3,6-7,9-11H2,1H3. The van der Waals surface area contributed by atoms with Crippen LogP contribution in [0.3, 0.4) is 0 Å². The van der Waals surface area contributed by atoms with Gasteiger partial charge in [0.2, 0.25) is 0 Å². The summed E-state index contributed by atoms with van der Waals surface area (Å²) in [5.74, 6) is -0.991. The molecule has 2 heterocycles. The third-order valence-electron chi connectivity index (χ3n) is 5.08. The number of halogens is 3. The molecule has 0 bridgehead atoms. The maximum absolute atomic E-state index is 14.0. The maximum atomic E-state index is 14.0. The summed E-state index contributed by atoms with van der Waals surface area (Å²) in [4.78, 5) is 14.5. The zero-order chi connectivity index (χ0) is 18.7. The molecule has 0 aliphatic carbocycles. The lowest BCUT2D eigenvalue weighted by molar-refractivity contribution is 0.477. The van der Waals surface area contributed by atoms with Gasteiger partial charge in [0.15, 0.2) is 0 Å². The molecule has 0 spiro atoms. The quantitative estimate of drug-likeness (QED) is 0.732. The van der Waals surface area contributed by atoms with Gasteiger partial charge >= 0.3 is 0 Å². The van der Waals surface area contributed by atoms with Crippen molar-refractivity contribution in [2.75, 3.05) is 18.0 Å². The van der Waals surface area contributed by atoms with Crippen LogP contribution in [0.1, 0.15) is 44.1 Å². The fourth-order valence-electron chi connectivity index (χ4n) is 3.55. The van der Waals surface area contributed by atoms with Crippen LogP contribution in [-0.2, 0) is 6.54 Å². The van der Waals surface area contributed by atoms with Gasteiger partial charge in [0, 0.05) is 31.9 Å². The van der Waals surface area contributed by atoms with E-state index in [9.17, 15) is 13.6 Å². The first kappa shape index (κ1) is 18.9. The van der Waals surface area contributed by atoms with Gasteiger partial charge in [-0.1, -0.05) is 31.0 Å². The molecule has 0 atom stereocenters. The summed E-state index contributed by atoms with van der Waals surface area (Å²) < 4.78 is 28.7. The SMILES string of the molecule is CCCCn1ccc(N2CCC(c3ccc(F)cc3F)CC2)c(Cl)c1=O. The van der Waals surface area contributed by atoms with E-state index < -0.39 is 11.6 Å². The zero-order valence-electron chi connectivity index (χ0n) is 14.9. The van der Waals surface area contributed by atoms with Crippen molar-refractivity contribution in [3.63, 3.8) is 0 Å². The van der Waals surface area contributed by atoms with Gasteiger partial charge in [-0.15, -0.1) is 0 Å². The second-order valence-corrected chi connectivity index (χ2v) is 7.17. The third-order valence-corrected chi connectivity index (χ3v) is 5.43. The van der Waals surface area contributed by atoms with Crippen molar-refractivity contribution < 1.29 is 8.78 Å². The highest BCUT2D eigenvalue weighted by molar-refractivity contribution is 6.33. The Bertz CT molecular complexity index is 829. The van der Waals surface area contributed by atoms with Gasteiger partial charge in [-0.2, -0.15) is 0 Å². The first-order chi connectivity index (χ1) is 12.5. The fourth-order valence-corrected chi connectivity index (χ4v) is 3.84. The molecule has 26 heavy (non-hydrogen) atoms. The molecule has 0 radical (unpaired) electrons. The predicted octanol–water partition coefficient (Wildman–Crippen LogP) is 4.96. The van der Waals surface area contributed by atoms with E-state index in [0.29, 0.717) is 25.2 Å². The largest absolute Gasteiger partial charge is 0.370 e. The normalized spacial score (nSPS) is 15.5. The van der Waals surface area contributed by atoms with Gasteiger partial charge < -0.3 is 9.47 Å². The Kier molecular flexibility index (Phi) is 5.97. The van der Waals surface area contributed by atoms with Crippen LogP contribution in [0.4, 0.5) is 14.5 Å². The lowest BCUT2D eigenvalue weighted by Gasteiger charge is -2.34. The van der Waals surface area contributed by atoms with E-state index in [0.717, 1.165) is 37.4 Å². The van der Waals surface area contributed by atoms with Gasteiger partial charge in [0.25, 0.3) is 5.56 Å². The van der Waals surface area contributed by atoms with Crippen molar-refractivity contribution in [2.24, 2.45) is 0 Å². The average Bonchev–Trinajstić information content (AvgIpc) is 2.63. The molecule has 1 saturated heterocycles. The Morgan fingerprint density at radius 3 is 2.58 bits per heavy atom. The molecular weight excluding hydrogens is 358 g/mol. The van der Waals surface area contributed by atoms with Crippen LogP contribution in [0, 0.1) is 11.6 Å². The predicted molar refractivity (Wildman–Crippen MR) is 101 cm³/mol. The lowest BCUT2D eigenvalue weighted by atomic mass is 9.89. The molecule has 1 fully saturated rings. The first-order valence-electron chi connectivity index (χ1n) is 9.10. The Labute approximate surface area is 157 Å². The van der Waals surface area contributed by atoms with E-state index in [-0.39, 0.29) is 16.5 Å². The zero-order valence-corrected chi connectivity index (χ0v) is 15.6. The first-order valence-corrected chi connectivity index (χ1v) is 9.48. The monoisotopic (exact) mass is 380 g/mol. The molecule has 0 amide bonds. The van der Waals surface area contributed by atoms with Crippen LogP contribution >= 0.6 is 11.6 Å². The van der Waals surface area contributed by atoms with Crippen LogP contribution in [0.25, 0.3) is 0 Å². The van der Waals surface area contributed by atoms with Crippen molar-refractivity contribution in [3.8, 4) is 0 Å². The summed E-state index contributed by atoms with van der Waals surface area (Å²) in [6.45, 7) is 4.11. The van der Waals surface area contributed by atoms with E-state index in [2.05, 4.69) is 11.8 Å². The topological polar surface area (TPSA) is 25.2 Å². The number of anilines is 1. The maximum Gasteiger partial charge on any atom is 0.271 e. The number of hydrogen-bond acceptors (Lipinski definition) is 2. The van der Waals surface area contributed by atoms with Gasteiger partial charge in [-0.3, -0.25) is 4.79 Å². The molecule has 140 valence electrons. The smallest absolute Gasteiger partial charge is 0.271 e. The minimum Gasteiger partial charge on any atom is -0.370 e. The summed E-state index contributed by atoms with van der Waals surface area (Å²) in [7, 11) is 0. The highest BCUT2D eigenvalue weighted by Crippen LogP contribution is 2.33. The minimum atomic E-state index is -0.556. The van der Waals surface area contributed by atoms with E-state index in [1.807, 2.05) is 6.07 Å². The Morgan fingerprint density at radius 2 is 1.92 bits per heavy atom. The number of unbranched alkanes of at least 4 members (excludes halogenated alkanes) is 1. The molecule has 0 N–H and O–H groups in total. The number of nitrogens with zero attached hydrogens (tertiary/aromatic N) is 2. The van der Waals surface area contributed by atoms with Crippen LogP contribution in [-0.4, -0.2) is 17.7 Å². The number of aryl methyl sites for hydroxylation is 1. The van der Waals surface area contributed by atoms with Gasteiger partial charge in [0.1, 0.15) is 16.7 Å². The van der Waals surface area contributed by atoms with Crippen LogP contribution in [0.2, 0.25) is 5.02 Å². The van der Waals surface area contributed by atoms with Crippen molar-refractivity contribution >= 4 is 17.3 Å². The van der Waals surface area contributed by atoms with Crippen molar-refractivity contribution in [3.05, 3.63) is 63.0 Å². The summed E-state index contributed by atoms with van der Waals surface area (Å²) in [5, 5.41) is 0.245. The molecule has 1 aliphatic heterocycles. The van der Waals surface area contributed by atoms with Gasteiger partial charge in [-0.25, -0.2) is 8.78 Å². The average molecular weight is 381 g/mol. The number of aromatic nitrogens is 1. The number of hydrogen-bond donors (Lipinski definition) is 0. The second kappa shape index (κ2) is 8.21. The molecule has 2 aromatic rings. The summed E-state index contributed by atoms with van der Waals surface area (Å²) in [6.07, 6.45) is 5.21. The fraction of sp³-hybridized carbons (Fsp3) is 0.450. The van der Waals surface area contributed by atoms with Crippen LogP contribution < -0.4 is 10.5 Å². The Balaban J connectivity index is 1.72. The van der Waals surface area contributed by atoms with E-state index in [4.69, 9.17) is 11.6 Å². The molecule has 1 aromatic carbocycles. The molecule has 0 saturated carbocycles. The highest BCUT2D eigenvalue weighted by atomic mass is 35.5. The third kappa shape index (κ3) is 3.93. The number of pyridine rings is 1. The molecular formula is C20H23ClF2N2O. The number of piperidine rings is 1. The van der Waals surface area contributed by atoms with E-state index in [1.165, 1.54) is 12.1 Å². The molecule has 1 aromatic heterocycles. The Hall–Kier alpha value is -1.88. The number of rotatable bonds is 5. The minimum absolute atomic E-state index is 0.0514. The molecule has 3 nitrogen and oxygen atoms in total. The van der Waals surface area contributed by atoms with Crippen LogP contribution in [0.5, 0.6) is 0 Å². The molecule has 0 unspecified atom stereocenters. The van der Waals surface area contributed by atoms with E-state index >= 15 is 0 Å². The van der Waals surface area contributed by atoms with Crippen molar-refractivity contribution in [1.82, 2.24) is 4.57 Å². The van der Waals surface area contributed by atoms with Gasteiger partial charge in [0.05, 0.1) is 5.69 Å². The van der Waals surface area contributed by atoms with E-state index in [1.54, 1.807) is 10.8 Å². The van der Waals surface area contributed by atoms with Gasteiger partial charge in [-0.05, 0) is 42.9 Å². The molecule has 3 rings (SSSR count). The van der Waals surface area contributed by atoms with Crippen molar-refractivity contribution in [2.45, 2.75) is 45.1 Å². The van der Waals surface area contributed by atoms with Crippen LogP contribution in [0.15, 0.2) is 35.3 Å². The lowest BCUT2D eigenvalue weighted by Crippen LogP contribution is -2.35. The summed E-state index contributed by atoms with van der Waals surface area (Å²) in [5.41, 5.74) is 1.14. The number of benzene rings is 1. The molecule has 1 aliphatic rings.